The molecule has 0 saturated carbocycles. The lowest BCUT2D eigenvalue weighted by Gasteiger charge is -2.24. The number of likely N-dealkylation sites (tertiary alicyclic amines) is 1. The molecule has 27 heavy (non-hydrogen) atoms. The van der Waals surface area contributed by atoms with Crippen molar-refractivity contribution in [1.29, 1.82) is 0 Å². The summed E-state index contributed by atoms with van der Waals surface area (Å²) in [5.41, 5.74) is -1.42. The van der Waals surface area contributed by atoms with Crippen molar-refractivity contribution in [2.24, 2.45) is 5.41 Å². The van der Waals surface area contributed by atoms with Crippen molar-refractivity contribution in [2.45, 2.75) is 37.6 Å². The van der Waals surface area contributed by atoms with Crippen LogP contribution in [0.3, 0.4) is 0 Å². The first-order chi connectivity index (χ1) is 12.4. The highest BCUT2D eigenvalue weighted by atomic mass is 32.2. The summed E-state index contributed by atoms with van der Waals surface area (Å²) in [5.74, 6) is -1.32. The van der Waals surface area contributed by atoms with Gasteiger partial charge in [0, 0.05) is 31.3 Å². The number of nitrogens with one attached hydrogen (secondary N) is 1. The largest absolute Gasteiger partial charge is 0.481 e. The second kappa shape index (κ2) is 7.57. The Labute approximate surface area is 159 Å². The third kappa shape index (κ3) is 4.85. The molecule has 1 aromatic carbocycles. The summed E-state index contributed by atoms with van der Waals surface area (Å²) in [6.07, 6.45) is 0.309. The summed E-state index contributed by atoms with van der Waals surface area (Å²) < 4.78 is 32.2. The van der Waals surface area contributed by atoms with E-state index in [4.69, 9.17) is 4.74 Å². The number of methoxy groups -OCH3 is 1. The van der Waals surface area contributed by atoms with E-state index in [1.165, 1.54) is 36.3 Å². The molecule has 150 valence electrons. The van der Waals surface area contributed by atoms with Crippen LogP contribution in [-0.2, 0) is 19.6 Å². The number of benzene rings is 1. The van der Waals surface area contributed by atoms with E-state index in [2.05, 4.69) is 4.72 Å². The highest BCUT2D eigenvalue weighted by Gasteiger charge is 2.46. The zero-order valence-corrected chi connectivity index (χ0v) is 16.8. The van der Waals surface area contributed by atoms with Gasteiger partial charge in [0.15, 0.2) is 0 Å². The van der Waals surface area contributed by atoms with Crippen molar-refractivity contribution in [3.63, 3.8) is 0 Å². The predicted molar refractivity (Wildman–Crippen MR) is 99.0 cm³/mol. The summed E-state index contributed by atoms with van der Waals surface area (Å²) in [7, 11) is -2.26. The van der Waals surface area contributed by atoms with E-state index in [-0.39, 0.29) is 24.0 Å². The maximum Gasteiger partial charge on any atom is 0.313 e. The van der Waals surface area contributed by atoms with Crippen LogP contribution >= 0.6 is 0 Å². The van der Waals surface area contributed by atoms with Gasteiger partial charge in [-0.2, -0.15) is 0 Å². The van der Waals surface area contributed by atoms with Gasteiger partial charge in [-0.05, 0) is 51.5 Å². The molecule has 1 aliphatic heterocycles. The van der Waals surface area contributed by atoms with Crippen molar-refractivity contribution in [1.82, 2.24) is 9.62 Å². The van der Waals surface area contributed by atoms with E-state index in [1.54, 1.807) is 20.8 Å². The zero-order valence-electron chi connectivity index (χ0n) is 16.0. The van der Waals surface area contributed by atoms with Gasteiger partial charge in [0.1, 0.15) is 5.41 Å². The Morgan fingerprint density at radius 3 is 2.33 bits per heavy atom. The summed E-state index contributed by atoms with van der Waals surface area (Å²) in [6.45, 7) is 5.61. The van der Waals surface area contributed by atoms with Crippen LogP contribution in [0.25, 0.3) is 0 Å². The fourth-order valence-electron chi connectivity index (χ4n) is 3.10. The number of nitrogens with zero attached hydrogens (tertiary/aromatic N) is 1. The molecule has 0 aliphatic carbocycles. The first-order valence-corrected chi connectivity index (χ1v) is 10.0. The highest BCUT2D eigenvalue weighted by Crippen LogP contribution is 2.32. The van der Waals surface area contributed by atoms with Crippen LogP contribution in [0.15, 0.2) is 29.2 Å². The lowest BCUT2D eigenvalue weighted by molar-refractivity contribution is -0.151. The molecule has 0 radical (unpaired) electrons. The molecule has 1 aromatic rings. The number of sulfonamides is 1. The quantitative estimate of drug-likeness (QED) is 0.747. The van der Waals surface area contributed by atoms with Crippen molar-refractivity contribution >= 4 is 21.9 Å². The molecule has 0 bridgehead atoms. The fraction of sp³-hybridized carbons (Fsp3) is 0.556. The molecule has 1 fully saturated rings. The molecule has 2 rings (SSSR count). The number of carboxylic acid groups (broad SMARTS) is 1. The van der Waals surface area contributed by atoms with Gasteiger partial charge in [0.2, 0.25) is 10.0 Å². The van der Waals surface area contributed by atoms with E-state index in [9.17, 15) is 23.1 Å². The van der Waals surface area contributed by atoms with Crippen LogP contribution in [0, 0.1) is 5.41 Å². The Hall–Kier alpha value is -1.97. The number of rotatable bonds is 6. The van der Waals surface area contributed by atoms with Gasteiger partial charge < -0.3 is 14.7 Å². The molecule has 0 aromatic heterocycles. The topological polar surface area (TPSA) is 113 Å². The molecule has 9 heteroatoms. The van der Waals surface area contributed by atoms with Gasteiger partial charge >= 0.3 is 5.97 Å². The number of ether oxygens (including phenoxy) is 1. The number of carboxylic acids is 1. The smallest absolute Gasteiger partial charge is 0.313 e. The molecular weight excluding hydrogens is 372 g/mol. The Balaban J connectivity index is 2.16. The second-order valence-electron chi connectivity index (χ2n) is 7.88. The normalized spacial score (nSPS) is 20.7. The Morgan fingerprint density at radius 2 is 1.85 bits per heavy atom. The van der Waals surface area contributed by atoms with Gasteiger partial charge in [0.25, 0.3) is 5.91 Å². The number of aliphatic carboxylic acids is 1. The number of hydrogen-bond donors (Lipinski definition) is 2. The van der Waals surface area contributed by atoms with Crippen molar-refractivity contribution in [3.05, 3.63) is 29.8 Å². The third-order valence-electron chi connectivity index (χ3n) is 4.37. The van der Waals surface area contributed by atoms with Crippen LogP contribution in [0.2, 0.25) is 0 Å². The third-order valence-corrected chi connectivity index (χ3v) is 6.14. The number of carbonyl (C=O) groups excluding carboxylic acids is 1. The highest BCUT2D eigenvalue weighted by molar-refractivity contribution is 7.89. The van der Waals surface area contributed by atoms with Gasteiger partial charge in [-0.15, -0.1) is 0 Å². The van der Waals surface area contributed by atoms with E-state index < -0.39 is 26.9 Å². The average molecular weight is 398 g/mol. The summed E-state index contributed by atoms with van der Waals surface area (Å²) in [6, 6.07) is 5.63. The molecular formula is C18H26N2O6S. The second-order valence-corrected chi connectivity index (χ2v) is 9.56. The van der Waals surface area contributed by atoms with Crippen molar-refractivity contribution < 1.29 is 27.9 Å². The van der Waals surface area contributed by atoms with Crippen LogP contribution in [0.4, 0.5) is 0 Å². The Kier molecular flexibility index (Phi) is 5.98. The van der Waals surface area contributed by atoms with Crippen LogP contribution < -0.4 is 4.72 Å². The SMILES string of the molecule is COCC1(C(=O)O)CCN(C(=O)c2ccc(S(=O)(=O)NC(C)(C)C)cc2)C1. The summed E-state index contributed by atoms with van der Waals surface area (Å²) in [4.78, 5) is 25.8. The average Bonchev–Trinajstić information content (AvgIpc) is 2.98. The Bertz CT molecular complexity index is 813. The van der Waals surface area contributed by atoms with Gasteiger partial charge in [-0.3, -0.25) is 9.59 Å². The summed E-state index contributed by atoms with van der Waals surface area (Å²) >= 11 is 0. The molecule has 1 heterocycles. The standard InChI is InChI=1S/C18H26N2O6S/c1-17(2,3)19-27(24,25)14-7-5-13(6-8-14)15(21)20-10-9-18(11-20,12-26-4)16(22)23/h5-8,19H,9-12H2,1-4H3,(H,22,23). The van der Waals surface area contributed by atoms with Crippen LogP contribution in [0.5, 0.6) is 0 Å². The van der Waals surface area contributed by atoms with E-state index in [0.717, 1.165) is 0 Å². The van der Waals surface area contributed by atoms with E-state index >= 15 is 0 Å². The molecule has 2 N–H and O–H groups in total. The first kappa shape index (κ1) is 21.3. The van der Waals surface area contributed by atoms with Crippen molar-refractivity contribution in [3.8, 4) is 0 Å². The minimum atomic E-state index is -3.69. The fourth-order valence-corrected chi connectivity index (χ4v) is 4.52. The number of carbonyl (C=O) groups is 2. The minimum absolute atomic E-state index is 0.0295. The molecule has 1 atom stereocenters. The number of amides is 1. The zero-order chi connectivity index (χ0) is 20.5. The van der Waals surface area contributed by atoms with Gasteiger partial charge in [-0.25, -0.2) is 13.1 Å². The van der Waals surface area contributed by atoms with E-state index in [0.29, 0.717) is 18.5 Å². The molecule has 1 saturated heterocycles. The minimum Gasteiger partial charge on any atom is -0.481 e. The first-order valence-electron chi connectivity index (χ1n) is 8.56. The maximum absolute atomic E-state index is 12.7. The molecule has 1 unspecified atom stereocenters. The monoisotopic (exact) mass is 398 g/mol. The molecule has 8 nitrogen and oxygen atoms in total. The van der Waals surface area contributed by atoms with Gasteiger partial charge in [-0.1, -0.05) is 0 Å². The summed E-state index contributed by atoms with van der Waals surface area (Å²) in [5, 5.41) is 9.49. The predicted octanol–water partition coefficient (Wildman–Crippen LogP) is 1.33. The van der Waals surface area contributed by atoms with Crippen LogP contribution in [-0.4, -0.2) is 62.6 Å². The van der Waals surface area contributed by atoms with Crippen LogP contribution in [0.1, 0.15) is 37.6 Å². The maximum atomic E-state index is 12.7. The lowest BCUT2D eigenvalue weighted by Crippen LogP contribution is -2.40. The van der Waals surface area contributed by atoms with E-state index in [1.807, 2.05) is 0 Å². The van der Waals surface area contributed by atoms with Crippen molar-refractivity contribution in [2.75, 3.05) is 26.8 Å². The Morgan fingerprint density at radius 1 is 1.26 bits per heavy atom. The molecule has 1 aliphatic rings. The molecule has 1 amide bonds. The lowest BCUT2D eigenvalue weighted by atomic mass is 9.88. The number of hydrogen-bond acceptors (Lipinski definition) is 5. The molecule has 0 spiro atoms. The van der Waals surface area contributed by atoms with Gasteiger partial charge in [0.05, 0.1) is 11.5 Å².